The maximum absolute atomic E-state index is 12.9. The van der Waals surface area contributed by atoms with E-state index < -0.39 is 17.9 Å². The number of carbonyl (C=O) groups is 3. The van der Waals surface area contributed by atoms with Gasteiger partial charge >= 0.3 is 17.9 Å². The van der Waals surface area contributed by atoms with E-state index in [-0.39, 0.29) is 24.1 Å². The Kier molecular flexibility index (Phi) is 12.4. The molecule has 0 aliphatic heterocycles. The van der Waals surface area contributed by atoms with Gasteiger partial charge < -0.3 is 23.7 Å². The van der Waals surface area contributed by atoms with Crippen molar-refractivity contribution in [2.24, 2.45) is 11.8 Å². The summed E-state index contributed by atoms with van der Waals surface area (Å²) in [4.78, 5) is 37.1. The quantitative estimate of drug-likeness (QED) is 0.0990. The second kappa shape index (κ2) is 16.2. The Labute approximate surface area is 247 Å². The zero-order valence-corrected chi connectivity index (χ0v) is 24.9. The lowest BCUT2D eigenvalue weighted by Crippen LogP contribution is -2.26. The molecule has 224 valence electrons. The molecule has 2 aromatic carbocycles. The number of ether oxygens (including phenoxy) is 5. The van der Waals surface area contributed by atoms with E-state index in [0.29, 0.717) is 48.0 Å². The zero-order valence-electron chi connectivity index (χ0n) is 24.9. The summed E-state index contributed by atoms with van der Waals surface area (Å²) < 4.78 is 27.4. The van der Waals surface area contributed by atoms with Crippen LogP contribution in [0.3, 0.4) is 0 Å². The third-order valence-corrected chi connectivity index (χ3v) is 6.68. The van der Waals surface area contributed by atoms with Crippen molar-refractivity contribution >= 4 is 17.9 Å². The Hall–Kier alpha value is -4.33. The van der Waals surface area contributed by atoms with Crippen molar-refractivity contribution in [3.8, 4) is 17.2 Å². The van der Waals surface area contributed by atoms with Crippen LogP contribution in [0, 0.1) is 11.8 Å². The summed E-state index contributed by atoms with van der Waals surface area (Å²) in [5.41, 5.74) is 1.87. The fourth-order valence-electron chi connectivity index (χ4n) is 4.20. The normalized spacial score (nSPS) is 15.8. The summed E-state index contributed by atoms with van der Waals surface area (Å²) >= 11 is 0. The maximum atomic E-state index is 12.9. The van der Waals surface area contributed by atoms with E-state index in [1.807, 2.05) is 31.2 Å². The Morgan fingerprint density at radius 1 is 0.929 bits per heavy atom. The molecular formula is C34H40O8. The lowest BCUT2D eigenvalue weighted by molar-refractivity contribution is -0.139. The monoisotopic (exact) mass is 576 g/mol. The Bertz CT molecular complexity index is 1310. The molecule has 8 nitrogen and oxygen atoms in total. The van der Waals surface area contributed by atoms with Crippen molar-refractivity contribution in [1.82, 2.24) is 0 Å². The van der Waals surface area contributed by atoms with Gasteiger partial charge in [0.15, 0.2) is 11.5 Å². The number of hydrogen-bond acceptors (Lipinski definition) is 8. The van der Waals surface area contributed by atoms with Gasteiger partial charge in [0, 0.05) is 5.57 Å². The molecule has 2 aromatic rings. The van der Waals surface area contributed by atoms with Gasteiger partial charge in [-0.2, -0.15) is 0 Å². The third-order valence-electron chi connectivity index (χ3n) is 6.68. The minimum absolute atomic E-state index is 0.233. The van der Waals surface area contributed by atoms with Crippen LogP contribution in [0.2, 0.25) is 0 Å². The molecule has 0 fully saturated rings. The number of hydrogen-bond donors (Lipinski definition) is 0. The second-order valence-corrected chi connectivity index (χ2v) is 10.2. The van der Waals surface area contributed by atoms with Gasteiger partial charge in [-0.1, -0.05) is 45.1 Å². The third kappa shape index (κ3) is 9.65. The van der Waals surface area contributed by atoms with E-state index in [0.717, 1.165) is 19.3 Å². The molecule has 3 rings (SSSR count). The van der Waals surface area contributed by atoms with Gasteiger partial charge in [-0.25, -0.2) is 9.59 Å². The van der Waals surface area contributed by atoms with Crippen molar-refractivity contribution in [1.29, 1.82) is 0 Å². The SMILES string of the molecule is C=C(C)C(=O)OCCCCOc1ccc(C(=O)OC2=CC(C)C(C(=O)Oc3ccc(CCCC)cc3)C=C2)cc1OC. The minimum atomic E-state index is -0.563. The number of esters is 3. The Morgan fingerprint density at radius 2 is 1.67 bits per heavy atom. The lowest BCUT2D eigenvalue weighted by Gasteiger charge is -2.21. The zero-order chi connectivity index (χ0) is 30.5. The molecule has 1 aliphatic carbocycles. The summed E-state index contributed by atoms with van der Waals surface area (Å²) in [6, 6.07) is 12.4. The predicted octanol–water partition coefficient (Wildman–Crippen LogP) is 6.78. The lowest BCUT2D eigenvalue weighted by atomic mass is 9.89. The van der Waals surface area contributed by atoms with Crippen LogP contribution in [0.1, 0.15) is 62.4 Å². The van der Waals surface area contributed by atoms with Crippen molar-refractivity contribution in [3.63, 3.8) is 0 Å². The van der Waals surface area contributed by atoms with Crippen molar-refractivity contribution in [3.05, 3.63) is 89.7 Å². The van der Waals surface area contributed by atoms with E-state index in [9.17, 15) is 14.4 Å². The van der Waals surface area contributed by atoms with Crippen LogP contribution in [0.4, 0.5) is 0 Å². The van der Waals surface area contributed by atoms with Crippen LogP contribution >= 0.6 is 0 Å². The van der Waals surface area contributed by atoms with Crippen LogP contribution < -0.4 is 14.2 Å². The summed E-state index contributed by atoms with van der Waals surface area (Å²) in [6.45, 7) is 9.84. The van der Waals surface area contributed by atoms with Crippen LogP contribution in [-0.2, 0) is 25.5 Å². The number of carbonyl (C=O) groups excluding carboxylic acids is 3. The smallest absolute Gasteiger partial charge is 0.343 e. The van der Waals surface area contributed by atoms with E-state index in [1.54, 1.807) is 43.4 Å². The number of methoxy groups -OCH3 is 1. The minimum Gasteiger partial charge on any atom is -0.493 e. The molecular weight excluding hydrogens is 536 g/mol. The molecule has 0 saturated heterocycles. The van der Waals surface area contributed by atoms with Crippen LogP contribution in [0.15, 0.2) is 78.6 Å². The molecule has 2 atom stereocenters. The molecule has 0 spiro atoms. The van der Waals surface area contributed by atoms with Crippen LogP contribution in [0.25, 0.3) is 0 Å². The summed E-state index contributed by atoms with van der Waals surface area (Å²) in [5, 5.41) is 0. The number of unbranched alkanes of at least 4 members (excludes halogenated alkanes) is 2. The molecule has 0 aromatic heterocycles. The van der Waals surface area contributed by atoms with Crippen LogP contribution in [-0.4, -0.2) is 38.2 Å². The van der Waals surface area contributed by atoms with Crippen molar-refractivity contribution in [2.75, 3.05) is 20.3 Å². The Balaban J connectivity index is 1.49. The summed E-state index contributed by atoms with van der Waals surface area (Å²) in [7, 11) is 1.49. The average molecular weight is 577 g/mol. The maximum Gasteiger partial charge on any atom is 0.343 e. The average Bonchev–Trinajstić information content (AvgIpc) is 2.98. The van der Waals surface area contributed by atoms with E-state index in [1.165, 1.54) is 12.7 Å². The number of benzene rings is 2. The van der Waals surface area contributed by atoms with Crippen molar-refractivity contribution < 1.29 is 38.1 Å². The van der Waals surface area contributed by atoms with E-state index in [4.69, 9.17) is 23.7 Å². The number of rotatable bonds is 15. The highest BCUT2D eigenvalue weighted by atomic mass is 16.5. The van der Waals surface area contributed by atoms with E-state index in [2.05, 4.69) is 13.5 Å². The Morgan fingerprint density at radius 3 is 2.33 bits per heavy atom. The fourth-order valence-corrected chi connectivity index (χ4v) is 4.20. The molecule has 0 N–H and O–H groups in total. The first-order chi connectivity index (χ1) is 20.2. The van der Waals surface area contributed by atoms with Gasteiger partial charge in [0.05, 0.1) is 31.8 Å². The molecule has 0 radical (unpaired) electrons. The number of allylic oxidation sites excluding steroid dienone is 2. The molecule has 2 unspecified atom stereocenters. The molecule has 1 aliphatic rings. The largest absolute Gasteiger partial charge is 0.493 e. The topological polar surface area (TPSA) is 97.4 Å². The molecule has 42 heavy (non-hydrogen) atoms. The fraction of sp³-hybridized carbons (Fsp3) is 0.382. The van der Waals surface area contributed by atoms with Gasteiger partial charge in [0.25, 0.3) is 0 Å². The molecule has 0 heterocycles. The first kappa shape index (κ1) is 32.2. The number of aryl methyl sites for hydroxylation is 1. The van der Waals surface area contributed by atoms with Crippen molar-refractivity contribution in [2.45, 2.75) is 52.9 Å². The highest BCUT2D eigenvalue weighted by molar-refractivity contribution is 5.91. The molecule has 0 amide bonds. The van der Waals surface area contributed by atoms with E-state index >= 15 is 0 Å². The van der Waals surface area contributed by atoms with Gasteiger partial charge in [0.1, 0.15) is 11.5 Å². The molecule has 0 saturated carbocycles. The second-order valence-electron chi connectivity index (χ2n) is 10.2. The highest BCUT2D eigenvalue weighted by Gasteiger charge is 2.27. The standard InChI is InChI=1S/C34H40O8/c1-6-7-10-25-11-14-27(15-12-25)41-34(37)29-17-16-28(21-24(29)4)42-33(36)26-13-18-30(31(22-26)38-5)39-19-8-9-20-40-32(35)23(2)3/h11-18,21-22,24,29H,2,6-10,19-20H2,1,3-5H3. The summed E-state index contributed by atoms with van der Waals surface area (Å²) in [6.07, 6.45) is 9.59. The molecule has 8 heteroatoms. The summed E-state index contributed by atoms with van der Waals surface area (Å²) in [5.74, 6) is -0.338. The first-order valence-electron chi connectivity index (χ1n) is 14.3. The van der Waals surface area contributed by atoms with Gasteiger partial charge in [0.2, 0.25) is 0 Å². The molecule has 0 bridgehead atoms. The highest BCUT2D eigenvalue weighted by Crippen LogP contribution is 2.30. The first-order valence-corrected chi connectivity index (χ1v) is 14.3. The van der Waals surface area contributed by atoms with Gasteiger partial charge in [-0.05, 0) is 86.6 Å². The van der Waals surface area contributed by atoms with Gasteiger partial charge in [-0.3, -0.25) is 4.79 Å². The predicted molar refractivity (Wildman–Crippen MR) is 159 cm³/mol. The van der Waals surface area contributed by atoms with Crippen LogP contribution in [0.5, 0.6) is 17.2 Å². The van der Waals surface area contributed by atoms with Gasteiger partial charge in [-0.15, -0.1) is 0 Å².